The number of halogens is 3. The van der Waals surface area contributed by atoms with Crippen LogP contribution >= 0.6 is 0 Å². The highest BCUT2D eigenvalue weighted by Crippen LogP contribution is 2.14. The van der Waals surface area contributed by atoms with Crippen LogP contribution < -0.4 is 0 Å². The maximum Gasteiger partial charge on any atom is 0.254 e. The van der Waals surface area contributed by atoms with Crippen LogP contribution in [0.2, 0.25) is 0 Å². The molecule has 2 aromatic carbocycles. The molecule has 0 aliphatic carbocycles. The number of aryl methyl sites for hydroxylation is 1. The van der Waals surface area contributed by atoms with Crippen LogP contribution in [0.4, 0.5) is 13.2 Å². The van der Waals surface area contributed by atoms with Crippen LogP contribution in [-0.2, 0) is 11.2 Å². The molecule has 4 nitrogen and oxygen atoms in total. The van der Waals surface area contributed by atoms with E-state index in [-0.39, 0.29) is 23.2 Å². The Morgan fingerprint density at radius 2 is 1.44 bits per heavy atom. The first-order valence-corrected chi connectivity index (χ1v) is 8.70. The molecule has 142 valence electrons. The fourth-order valence-electron chi connectivity index (χ4n) is 3.03. The molecule has 0 spiro atoms. The Bertz CT molecular complexity index is 832. The minimum absolute atomic E-state index is 0.0285. The minimum Gasteiger partial charge on any atom is -0.339 e. The molecule has 0 radical (unpaired) electrons. The average molecular weight is 376 g/mol. The normalized spacial score (nSPS) is 14.3. The summed E-state index contributed by atoms with van der Waals surface area (Å²) in [6.45, 7) is 1.44. The molecule has 1 heterocycles. The molecule has 1 aliphatic heterocycles. The van der Waals surface area contributed by atoms with Crippen LogP contribution in [0.3, 0.4) is 0 Å². The van der Waals surface area contributed by atoms with Gasteiger partial charge in [0.1, 0.15) is 5.82 Å². The van der Waals surface area contributed by atoms with Crippen LogP contribution in [-0.4, -0.2) is 47.8 Å². The van der Waals surface area contributed by atoms with Crippen LogP contribution in [0.25, 0.3) is 0 Å². The van der Waals surface area contributed by atoms with Gasteiger partial charge in [0.05, 0.1) is 0 Å². The van der Waals surface area contributed by atoms with Gasteiger partial charge in [-0.05, 0) is 42.3 Å². The number of hydrogen-bond acceptors (Lipinski definition) is 2. The van der Waals surface area contributed by atoms with Gasteiger partial charge >= 0.3 is 0 Å². The molecule has 1 aliphatic rings. The molecule has 2 amide bonds. The van der Waals surface area contributed by atoms with Gasteiger partial charge < -0.3 is 9.80 Å². The molecular weight excluding hydrogens is 357 g/mol. The smallest absolute Gasteiger partial charge is 0.254 e. The molecule has 1 fully saturated rings. The van der Waals surface area contributed by atoms with E-state index >= 15 is 0 Å². The van der Waals surface area contributed by atoms with Gasteiger partial charge in [-0.1, -0.05) is 12.1 Å². The summed E-state index contributed by atoms with van der Waals surface area (Å²) in [5, 5.41) is 0. The number of nitrogens with zero attached hydrogens (tertiary/aromatic N) is 2. The van der Waals surface area contributed by atoms with Gasteiger partial charge in [-0.3, -0.25) is 9.59 Å². The van der Waals surface area contributed by atoms with Crippen molar-refractivity contribution in [3.8, 4) is 0 Å². The second-order valence-electron chi connectivity index (χ2n) is 6.43. The lowest BCUT2D eigenvalue weighted by molar-refractivity contribution is -0.132. The summed E-state index contributed by atoms with van der Waals surface area (Å²) in [6.07, 6.45) is 0.829. The summed E-state index contributed by atoms with van der Waals surface area (Å²) >= 11 is 0. The van der Waals surface area contributed by atoms with Gasteiger partial charge in [0.15, 0.2) is 11.6 Å². The zero-order valence-electron chi connectivity index (χ0n) is 14.6. The summed E-state index contributed by atoms with van der Waals surface area (Å²) in [6, 6.07) is 9.10. The Labute approximate surface area is 155 Å². The molecule has 2 aromatic rings. The molecule has 0 N–H and O–H groups in total. The van der Waals surface area contributed by atoms with Crippen molar-refractivity contribution in [2.24, 2.45) is 0 Å². The van der Waals surface area contributed by atoms with Crippen molar-refractivity contribution in [1.29, 1.82) is 0 Å². The fraction of sp³-hybridized carbons (Fsp3) is 0.300. The van der Waals surface area contributed by atoms with E-state index in [9.17, 15) is 22.8 Å². The van der Waals surface area contributed by atoms with Crippen LogP contribution in [0.1, 0.15) is 22.3 Å². The third-order valence-electron chi connectivity index (χ3n) is 4.63. The Morgan fingerprint density at radius 3 is 2.07 bits per heavy atom. The number of carbonyl (C=O) groups excluding carboxylic acids is 2. The molecule has 7 heteroatoms. The number of rotatable bonds is 4. The molecule has 0 saturated carbocycles. The lowest BCUT2D eigenvalue weighted by Gasteiger charge is -2.35. The number of amides is 2. The van der Waals surface area contributed by atoms with Crippen molar-refractivity contribution < 1.29 is 22.8 Å². The van der Waals surface area contributed by atoms with Gasteiger partial charge in [0.25, 0.3) is 5.91 Å². The van der Waals surface area contributed by atoms with Crippen molar-refractivity contribution in [1.82, 2.24) is 9.80 Å². The Morgan fingerprint density at radius 1 is 0.815 bits per heavy atom. The Balaban J connectivity index is 1.50. The maximum atomic E-state index is 13.3. The quantitative estimate of drug-likeness (QED) is 0.823. The zero-order valence-corrected chi connectivity index (χ0v) is 14.6. The third-order valence-corrected chi connectivity index (χ3v) is 4.63. The number of carbonyl (C=O) groups is 2. The molecule has 27 heavy (non-hydrogen) atoms. The monoisotopic (exact) mass is 376 g/mol. The minimum atomic E-state index is -1.06. The van der Waals surface area contributed by atoms with Crippen LogP contribution in [0.15, 0.2) is 42.5 Å². The van der Waals surface area contributed by atoms with Crippen molar-refractivity contribution in [2.45, 2.75) is 12.8 Å². The maximum absolute atomic E-state index is 13.3. The highest BCUT2D eigenvalue weighted by Gasteiger charge is 2.25. The summed E-state index contributed by atoms with van der Waals surface area (Å²) < 4.78 is 39.2. The first-order valence-electron chi connectivity index (χ1n) is 8.70. The van der Waals surface area contributed by atoms with Gasteiger partial charge in [0, 0.05) is 38.2 Å². The largest absolute Gasteiger partial charge is 0.339 e. The van der Waals surface area contributed by atoms with Gasteiger partial charge in [-0.25, -0.2) is 13.2 Å². The van der Waals surface area contributed by atoms with E-state index in [0.29, 0.717) is 39.0 Å². The number of piperazine rings is 1. The van der Waals surface area contributed by atoms with Gasteiger partial charge in [-0.2, -0.15) is 0 Å². The van der Waals surface area contributed by atoms with Gasteiger partial charge in [0.2, 0.25) is 5.91 Å². The van der Waals surface area contributed by atoms with E-state index in [4.69, 9.17) is 0 Å². The first kappa shape index (κ1) is 18.9. The van der Waals surface area contributed by atoms with Crippen molar-refractivity contribution >= 4 is 11.8 Å². The zero-order chi connectivity index (χ0) is 19.4. The van der Waals surface area contributed by atoms with E-state index in [1.807, 2.05) is 0 Å². The topological polar surface area (TPSA) is 40.6 Å². The molecule has 0 atom stereocenters. The molecule has 3 rings (SSSR count). The Kier molecular flexibility index (Phi) is 5.78. The van der Waals surface area contributed by atoms with Crippen molar-refractivity contribution in [2.75, 3.05) is 26.2 Å². The summed E-state index contributed by atoms with van der Waals surface area (Å²) in [4.78, 5) is 27.9. The second kappa shape index (κ2) is 8.24. The average Bonchev–Trinajstić information content (AvgIpc) is 2.69. The number of benzene rings is 2. The van der Waals surface area contributed by atoms with E-state index in [2.05, 4.69) is 0 Å². The molecule has 1 saturated heterocycles. The van der Waals surface area contributed by atoms with E-state index in [0.717, 1.165) is 17.7 Å². The van der Waals surface area contributed by atoms with Crippen LogP contribution in [0.5, 0.6) is 0 Å². The number of hydrogen-bond donors (Lipinski definition) is 0. The van der Waals surface area contributed by atoms with Gasteiger partial charge in [-0.15, -0.1) is 0 Å². The molecular formula is C20H19F3N2O2. The summed E-state index contributed by atoms with van der Waals surface area (Å²) in [7, 11) is 0. The van der Waals surface area contributed by atoms with E-state index < -0.39 is 11.6 Å². The van der Waals surface area contributed by atoms with E-state index in [1.165, 1.54) is 23.1 Å². The highest BCUT2D eigenvalue weighted by atomic mass is 19.2. The summed E-state index contributed by atoms with van der Waals surface area (Å²) in [5.74, 6) is -2.78. The lowest BCUT2D eigenvalue weighted by Crippen LogP contribution is -2.50. The SMILES string of the molecule is O=C(CCc1ccc(F)cc1)N1CCN(C(=O)c2ccc(F)c(F)c2)CC1. The first-order chi connectivity index (χ1) is 12.9. The van der Waals surface area contributed by atoms with Crippen molar-refractivity contribution in [3.63, 3.8) is 0 Å². The second-order valence-corrected chi connectivity index (χ2v) is 6.43. The lowest BCUT2D eigenvalue weighted by atomic mass is 10.1. The van der Waals surface area contributed by atoms with Crippen molar-refractivity contribution in [3.05, 3.63) is 71.0 Å². The predicted molar refractivity (Wildman–Crippen MR) is 93.6 cm³/mol. The molecule has 0 aromatic heterocycles. The van der Waals surface area contributed by atoms with Crippen LogP contribution in [0, 0.1) is 17.5 Å². The Hall–Kier alpha value is -2.83. The molecule has 0 bridgehead atoms. The highest BCUT2D eigenvalue weighted by molar-refractivity contribution is 5.94. The van der Waals surface area contributed by atoms with E-state index in [1.54, 1.807) is 17.0 Å². The summed E-state index contributed by atoms with van der Waals surface area (Å²) in [5.41, 5.74) is 0.974. The standard InChI is InChI=1S/C20H19F3N2O2/c21-16-5-1-14(2-6-16)3-8-19(26)24-9-11-25(12-10-24)20(27)15-4-7-17(22)18(23)13-15/h1-2,4-7,13H,3,8-12H2. The predicted octanol–water partition coefficient (Wildman–Crippen LogP) is 3.02. The fourth-order valence-corrected chi connectivity index (χ4v) is 3.03. The molecule has 0 unspecified atom stereocenters. The third kappa shape index (κ3) is 4.67.